The van der Waals surface area contributed by atoms with Crippen molar-refractivity contribution in [1.82, 2.24) is 13.8 Å². The third-order valence-electron chi connectivity index (χ3n) is 6.55. The van der Waals surface area contributed by atoms with E-state index in [9.17, 15) is 8.42 Å². The van der Waals surface area contributed by atoms with Gasteiger partial charge in [0, 0.05) is 47.7 Å². The van der Waals surface area contributed by atoms with E-state index in [-0.39, 0.29) is 5.75 Å². The minimum absolute atomic E-state index is 0.0687. The molecule has 0 saturated carbocycles. The lowest BCUT2D eigenvalue weighted by molar-refractivity contribution is 0.122. The molecule has 0 amide bonds. The van der Waals surface area contributed by atoms with Gasteiger partial charge in [-0.1, -0.05) is 48.5 Å². The van der Waals surface area contributed by atoms with E-state index in [0.717, 1.165) is 54.1 Å². The quantitative estimate of drug-likeness (QED) is 0.339. The Kier molecular flexibility index (Phi) is 5.83. The normalized spacial score (nSPS) is 14.4. The van der Waals surface area contributed by atoms with Crippen molar-refractivity contribution in [2.75, 3.05) is 31.2 Å². The monoisotopic (exact) mass is 498 g/mol. The van der Waals surface area contributed by atoms with Crippen LogP contribution in [0.25, 0.3) is 27.7 Å². The van der Waals surface area contributed by atoms with Crippen molar-refractivity contribution in [1.29, 1.82) is 0 Å². The van der Waals surface area contributed by atoms with Crippen LogP contribution >= 0.6 is 0 Å². The summed E-state index contributed by atoms with van der Waals surface area (Å²) in [4.78, 5) is 2.31. The molecule has 1 fully saturated rings. The van der Waals surface area contributed by atoms with Gasteiger partial charge in [-0.3, -0.25) is 0 Å². The Morgan fingerprint density at radius 3 is 2.28 bits per heavy atom. The van der Waals surface area contributed by atoms with Crippen LogP contribution in [-0.4, -0.2) is 48.5 Å². The highest BCUT2D eigenvalue weighted by Crippen LogP contribution is 2.32. The molecule has 3 aromatic carbocycles. The summed E-state index contributed by atoms with van der Waals surface area (Å²) in [6, 6.07) is 25.1. The second-order valence-electron chi connectivity index (χ2n) is 8.89. The lowest BCUT2D eigenvalue weighted by Crippen LogP contribution is -2.36. The maximum absolute atomic E-state index is 13.4. The molecule has 0 N–H and O–H groups in total. The summed E-state index contributed by atoms with van der Waals surface area (Å²) >= 11 is 0. The van der Waals surface area contributed by atoms with Crippen LogP contribution in [-0.2, 0) is 20.5 Å². The number of hydrogen-bond donors (Lipinski definition) is 0. The van der Waals surface area contributed by atoms with Gasteiger partial charge in [0.05, 0.1) is 36.4 Å². The first-order valence-corrected chi connectivity index (χ1v) is 13.5. The van der Waals surface area contributed by atoms with E-state index in [2.05, 4.69) is 34.3 Å². The second kappa shape index (κ2) is 9.29. The zero-order chi connectivity index (χ0) is 24.5. The fraction of sp³-hybridized carbons (Fsp3) is 0.179. The highest BCUT2D eigenvalue weighted by molar-refractivity contribution is 7.89. The van der Waals surface area contributed by atoms with Crippen LogP contribution in [0.4, 0.5) is 5.69 Å². The molecule has 5 aromatic rings. The summed E-state index contributed by atoms with van der Waals surface area (Å²) in [7, 11) is -3.61. The summed E-state index contributed by atoms with van der Waals surface area (Å²) < 4.78 is 35.4. The Bertz CT molecular complexity index is 1600. The number of hydrogen-bond acceptors (Lipinski definition) is 5. The third kappa shape index (κ3) is 4.29. The molecular weight excluding hydrogens is 472 g/mol. The van der Waals surface area contributed by atoms with Gasteiger partial charge in [0.1, 0.15) is 0 Å². The number of rotatable bonds is 6. The van der Waals surface area contributed by atoms with Gasteiger partial charge in [-0.05, 0) is 35.9 Å². The van der Waals surface area contributed by atoms with Gasteiger partial charge in [0.15, 0.2) is 0 Å². The fourth-order valence-corrected chi connectivity index (χ4v) is 6.18. The molecule has 2 aromatic heterocycles. The predicted molar refractivity (Wildman–Crippen MR) is 142 cm³/mol. The first-order chi connectivity index (χ1) is 17.6. The maximum atomic E-state index is 13.4. The molecule has 8 heteroatoms. The third-order valence-corrected chi connectivity index (χ3v) is 8.15. The number of benzene rings is 3. The zero-order valence-corrected chi connectivity index (χ0v) is 20.5. The minimum atomic E-state index is -3.61. The Hall–Kier alpha value is -3.88. The van der Waals surface area contributed by atoms with Gasteiger partial charge >= 0.3 is 0 Å². The van der Waals surface area contributed by atoms with Crippen LogP contribution in [0.3, 0.4) is 0 Å². The Morgan fingerprint density at radius 1 is 0.806 bits per heavy atom. The van der Waals surface area contributed by atoms with Crippen LogP contribution in [0.2, 0.25) is 0 Å². The number of anilines is 1. The van der Waals surface area contributed by atoms with E-state index in [1.807, 2.05) is 65.5 Å². The van der Waals surface area contributed by atoms with Crippen molar-refractivity contribution in [2.24, 2.45) is 0 Å². The first-order valence-electron chi connectivity index (χ1n) is 11.9. The molecule has 6 rings (SSSR count). The lowest BCUT2D eigenvalue weighted by atomic mass is 10.1. The van der Waals surface area contributed by atoms with Crippen molar-refractivity contribution < 1.29 is 13.2 Å². The van der Waals surface area contributed by atoms with E-state index in [1.54, 1.807) is 12.4 Å². The first kappa shape index (κ1) is 22.6. The Morgan fingerprint density at radius 2 is 1.50 bits per heavy atom. The number of nitrogens with zero attached hydrogens (tertiary/aromatic N) is 4. The molecular formula is C28H26N4O3S. The zero-order valence-electron chi connectivity index (χ0n) is 19.7. The van der Waals surface area contributed by atoms with Gasteiger partial charge in [0.25, 0.3) is 0 Å². The van der Waals surface area contributed by atoms with Crippen LogP contribution in [0.1, 0.15) is 5.56 Å². The van der Waals surface area contributed by atoms with Crippen LogP contribution in [0.15, 0.2) is 97.5 Å². The van der Waals surface area contributed by atoms with Crippen molar-refractivity contribution in [3.63, 3.8) is 0 Å². The smallest absolute Gasteiger partial charge is 0.243 e. The maximum Gasteiger partial charge on any atom is 0.243 e. The summed E-state index contributed by atoms with van der Waals surface area (Å²) in [6.45, 7) is 3.28. The molecule has 7 nitrogen and oxygen atoms in total. The van der Waals surface area contributed by atoms with Crippen molar-refractivity contribution in [3.8, 4) is 16.8 Å². The van der Waals surface area contributed by atoms with E-state index in [0.29, 0.717) is 5.52 Å². The molecule has 36 heavy (non-hydrogen) atoms. The molecule has 0 bridgehead atoms. The molecule has 0 atom stereocenters. The van der Waals surface area contributed by atoms with Gasteiger partial charge in [-0.2, -0.15) is 5.10 Å². The highest BCUT2D eigenvalue weighted by Gasteiger charge is 2.21. The fourth-order valence-electron chi connectivity index (χ4n) is 4.71. The van der Waals surface area contributed by atoms with E-state index < -0.39 is 10.0 Å². The highest BCUT2D eigenvalue weighted by atomic mass is 32.2. The van der Waals surface area contributed by atoms with E-state index >= 15 is 0 Å². The number of fused-ring (bicyclic) bond motifs is 1. The number of ether oxygens (including phenoxy) is 1. The molecule has 0 unspecified atom stereocenters. The van der Waals surface area contributed by atoms with E-state index in [1.165, 1.54) is 9.66 Å². The predicted octanol–water partition coefficient (Wildman–Crippen LogP) is 4.71. The summed E-state index contributed by atoms with van der Waals surface area (Å²) in [6.07, 6.45) is 5.44. The standard InChI is InChI=1S/C28H26N4O3S/c33-36(34,21-22-6-2-1-3-7-22)32-20-27(26-8-4-5-9-28(26)32)23-18-29-31(19-23)25-12-10-24(11-13-25)30-14-16-35-17-15-30/h1-13,18-20H,14-17,21H2. The summed E-state index contributed by atoms with van der Waals surface area (Å²) in [5, 5.41) is 5.45. The van der Waals surface area contributed by atoms with Crippen LogP contribution in [0, 0.1) is 0 Å². The molecule has 182 valence electrons. The molecule has 1 aliphatic heterocycles. The number of para-hydroxylation sites is 1. The largest absolute Gasteiger partial charge is 0.378 e. The average Bonchev–Trinajstić information content (AvgIpc) is 3.55. The van der Waals surface area contributed by atoms with Gasteiger partial charge in [0.2, 0.25) is 10.0 Å². The Labute approximate surface area is 210 Å². The lowest BCUT2D eigenvalue weighted by Gasteiger charge is -2.28. The van der Waals surface area contributed by atoms with Crippen molar-refractivity contribution in [3.05, 3.63) is 103 Å². The molecule has 1 aliphatic rings. The second-order valence-corrected chi connectivity index (χ2v) is 10.7. The molecule has 0 spiro atoms. The number of morpholine rings is 1. The summed E-state index contributed by atoms with van der Waals surface area (Å²) in [5.41, 5.74) is 5.21. The Balaban J connectivity index is 1.33. The molecule has 1 saturated heterocycles. The van der Waals surface area contributed by atoms with Crippen LogP contribution in [0.5, 0.6) is 0 Å². The molecule has 0 radical (unpaired) electrons. The molecule has 0 aliphatic carbocycles. The van der Waals surface area contributed by atoms with Crippen LogP contribution < -0.4 is 4.90 Å². The van der Waals surface area contributed by atoms with Gasteiger partial charge < -0.3 is 9.64 Å². The van der Waals surface area contributed by atoms with Gasteiger partial charge in [-0.25, -0.2) is 17.1 Å². The average molecular weight is 499 g/mol. The SMILES string of the molecule is O=S(=O)(Cc1ccccc1)n1cc(-c2cnn(-c3ccc(N4CCOCC4)cc3)c2)c2ccccc21. The number of aromatic nitrogens is 3. The molecule has 3 heterocycles. The van der Waals surface area contributed by atoms with Gasteiger partial charge in [-0.15, -0.1) is 0 Å². The minimum Gasteiger partial charge on any atom is -0.378 e. The van der Waals surface area contributed by atoms with E-state index in [4.69, 9.17) is 4.74 Å². The topological polar surface area (TPSA) is 69.4 Å². The summed E-state index contributed by atoms with van der Waals surface area (Å²) in [5.74, 6) is -0.0687. The van der Waals surface area contributed by atoms with Crippen molar-refractivity contribution >= 4 is 26.6 Å². The van der Waals surface area contributed by atoms with Crippen molar-refractivity contribution in [2.45, 2.75) is 5.75 Å².